The van der Waals surface area contributed by atoms with Crippen molar-refractivity contribution in [2.75, 3.05) is 13.7 Å². The number of allylic oxidation sites excluding steroid dienone is 2. The van der Waals surface area contributed by atoms with Crippen LogP contribution >= 0.6 is 0 Å². The van der Waals surface area contributed by atoms with Gasteiger partial charge in [0, 0.05) is 17.8 Å². The number of hydrogen-bond acceptors (Lipinski definition) is 7. The van der Waals surface area contributed by atoms with E-state index in [4.69, 9.17) is 9.47 Å². The lowest BCUT2D eigenvalue weighted by molar-refractivity contribution is -0.166. The van der Waals surface area contributed by atoms with Gasteiger partial charge in [0.05, 0.1) is 13.7 Å². The van der Waals surface area contributed by atoms with Crippen molar-refractivity contribution in [1.29, 1.82) is 0 Å². The van der Waals surface area contributed by atoms with Crippen LogP contribution in [-0.4, -0.2) is 59.8 Å². The first-order valence-corrected chi connectivity index (χ1v) is 16.5. The minimum Gasteiger partial charge on any atom is -0.468 e. The first-order chi connectivity index (χ1) is 19.7. The summed E-state index contributed by atoms with van der Waals surface area (Å²) in [5.41, 5.74) is 1.02. The van der Waals surface area contributed by atoms with Crippen LogP contribution in [0.2, 0.25) is 0 Å². The number of carbonyl (C=O) groups is 3. The average Bonchev–Trinajstić information content (AvgIpc) is 3.75. The normalized spacial score (nSPS) is 47.0. The molecule has 1 heterocycles. The standard InChI is InChI=1S/C35H52O7/c1-19-21-9-12-34(5)22-10-14-35(30(39)27(31(40)41-6)28(38)29-25(18-36)42-29)16-15-32(2,3)17-23(35)20(22)7-8-26(34)33(21,4)13-11-24(19)37/h7,19,21-23,25-29,36,38H,8-18H2,1-6H3. The van der Waals surface area contributed by atoms with Gasteiger partial charge in [0.25, 0.3) is 0 Å². The molecule has 6 aliphatic rings. The first-order valence-electron chi connectivity index (χ1n) is 16.5. The molecular formula is C35H52O7. The molecule has 0 radical (unpaired) electrons. The Labute approximate surface area is 251 Å². The van der Waals surface area contributed by atoms with Gasteiger partial charge in [0.1, 0.15) is 30.0 Å². The number of fused-ring (bicyclic) bond motifs is 7. The third kappa shape index (κ3) is 4.34. The Morgan fingerprint density at radius 2 is 1.79 bits per heavy atom. The summed E-state index contributed by atoms with van der Waals surface area (Å²) in [6.45, 7) is 11.4. The lowest BCUT2D eigenvalue weighted by Gasteiger charge is -2.66. The number of hydrogen-bond donors (Lipinski definition) is 2. The third-order valence-corrected chi connectivity index (χ3v) is 13.9. The minimum atomic E-state index is -1.33. The van der Waals surface area contributed by atoms with E-state index in [1.54, 1.807) is 0 Å². The lowest BCUT2D eigenvalue weighted by atomic mass is 9.38. The molecule has 12 unspecified atom stereocenters. The number of Topliss-reactive ketones (excluding diaryl/α,β-unsaturated/α-hetero) is 2. The number of aliphatic hydroxyl groups is 2. The Hall–Kier alpha value is -1.57. The van der Waals surface area contributed by atoms with Crippen molar-refractivity contribution in [3.8, 4) is 0 Å². The highest BCUT2D eigenvalue weighted by Crippen LogP contribution is 2.71. The molecule has 5 aliphatic carbocycles. The molecule has 12 atom stereocenters. The second kappa shape index (κ2) is 10.2. The van der Waals surface area contributed by atoms with Gasteiger partial charge in [-0.15, -0.1) is 0 Å². The lowest BCUT2D eigenvalue weighted by Crippen LogP contribution is -2.61. The molecule has 7 nitrogen and oxygen atoms in total. The summed E-state index contributed by atoms with van der Waals surface area (Å²) < 4.78 is 10.5. The number of methoxy groups -OCH3 is 1. The molecule has 1 aliphatic heterocycles. The first kappa shape index (κ1) is 30.5. The molecule has 234 valence electrons. The Balaban J connectivity index is 1.37. The summed E-state index contributed by atoms with van der Waals surface area (Å²) in [6.07, 6.45) is 8.79. The highest BCUT2D eigenvalue weighted by molar-refractivity contribution is 6.03. The summed E-state index contributed by atoms with van der Waals surface area (Å²) in [5.74, 6) is -0.295. The second-order valence-corrected chi connectivity index (χ2v) is 16.2. The average molecular weight is 585 g/mol. The molecule has 0 spiro atoms. The predicted octanol–water partition coefficient (Wildman–Crippen LogP) is 5.06. The molecule has 0 bridgehead atoms. The van der Waals surface area contributed by atoms with Crippen molar-refractivity contribution in [2.45, 2.75) is 117 Å². The van der Waals surface area contributed by atoms with Crippen molar-refractivity contribution in [3.63, 3.8) is 0 Å². The monoisotopic (exact) mass is 584 g/mol. The van der Waals surface area contributed by atoms with E-state index in [1.807, 2.05) is 0 Å². The molecule has 4 saturated carbocycles. The van der Waals surface area contributed by atoms with Gasteiger partial charge < -0.3 is 19.7 Å². The minimum absolute atomic E-state index is 0.0239. The van der Waals surface area contributed by atoms with Crippen molar-refractivity contribution in [2.24, 2.45) is 57.2 Å². The number of carbonyl (C=O) groups excluding carboxylic acids is 3. The van der Waals surface area contributed by atoms with Gasteiger partial charge in [-0.05, 0) is 97.7 Å². The van der Waals surface area contributed by atoms with Gasteiger partial charge in [0.15, 0.2) is 5.78 Å². The van der Waals surface area contributed by atoms with E-state index in [-0.39, 0.29) is 40.5 Å². The highest BCUT2D eigenvalue weighted by Gasteiger charge is 2.66. The Kier molecular flexibility index (Phi) is 7.42. The van der Waals surface area contributed by atoms with Crippen LogP contribution in [0.5, 0.6) is 0 Å². The Bertz CT molecular complexity index is 1170. The van der Waals surface area contributed by atoms with Crippen molar-refractivity contribution >= 4 is 17.5 Å². The topological polar surface area (TPSA) is 113 Å². The van der Waals surface area contributed by atoms with E-state index in [0.717, 1.165) is 44.9 Å². The molecule has 0 aromatic heterocycles. The van der Waals surface area contributed by atoms with Crippen LogP contribution in [0, 0.1) is 57.2 Å². The van der Waals surface area contributed by atoms with Crippen LogP contribution in [-0.2, 0) is 23.9 Å². The predicted molar refractivity (Wildman–Crippen MR) is 157 cm³/mol. The van der Waals surface area contributed by atoms with Gasteiger partial charge >= 0.3 is 5.97 Å². The molecule has 5 fully saturated rings. The van der Waals surface area contributed by atoms with E-state index in [2.05, 4.69) is 40.7 Å². The number of ether oxygens (including phenoxy) is 2. The summed E-state index contributed by atoms with van der Waals surface area (Å²) in [4.78, 5) is 40.6. The zero-order valence-corrected chi connectivity index (χ0v) is 26.5. The molecule has 0 amide bonds. The van der Waals surface area contributed by atoms with Gasteiger partial charge in [-0.1, -0.05) is 46.3 Å². The molecule has 0 aromatic rings. The second-order valence-electron chi connectivity index (χ2n) is 16.2. The molecule has 6 rings (SSSR count). The summed E-state index contributed by atoms with van der Waals surface area (Å²) >= 11 is 0. The van der Waals surface area contributed by atoms with E-state index in [0.29, 0.717) is 42.8 Å². The maximum atomic E-state index is 14.7. The quantitative estimate of drug-likeness (QED) is 0.194. The van der Waals surface area contributed by atoms with Gasteiger partial charge in [-0.25, -0.2) is 0 Å². The number of epoxide rings is 1. The maximum Gasteiger partial charge on any atom is 0.319 e. The maximum absolute atomic E-state index is 14.7. The number of ketones is 2. The third-order valence-electron chi connectivity index (χ3n) is 13.9. The molecule has 2 N–H and O–H groups in total. The number of aliphatic hydroxyl groups excluding tert-OH is 2. The van der Waals surface area contributed by atoms with Gasteiger partial charge in [-0.2, -0.15) is 0 Å². The molecule has 0 aromatic carbocycles. The fraction of sp³-hybridized carbons (Fsp3) is 0.857. The molecule has 7 heteroatoms. The summed E-state index contributed by atoms with van der Waals surface area (Å²) in [6, 6.07) is 0. The highest BCUT2D eigenvalue weighted by atomic mass is 16.6. The van der Waals surface area contributed by atoms with Crippen LogP contribution in [0.3, 0.4) is 0 Å². The SMILES string of the molecule is COC(=O)C(C(=O)C12CCC3C(=CCC4C3(C)CCC3C(C)C(=O)CCC34C)C1CC(C)(C)CC2)C(O)C1OC1CO. The Morgan fingerprint density at radius 1 is 1.05 bits per heavy atom. The number of esters is 1. The zero-order chi connectivity index (χ0) is 30.4. The van der Waals surface area contributed by atoms with Gasteiger partial charge in [-0.3, -0.25) is 14.4 Å². The van der Waals surface area contributed by atoms with Crippen molar-refractivity contribution in [1.82, 2.24) is 0 Å². The zero-order valence-electron chi connectivity index (χ0n) is 26.5. The van der Waals surface area contributed by atoms with Crippen molar-refractivity contribution in [3.05, 3.63) is 11.6 Å². The molecule has 42 heavy (non-hydrogen) atoms. The Morgan fingerprint density at radius 3 is 2.45 bits per heavy atom. The van der Waals surface area contributed by atoms with E-state index < -0.39 is 35.6 Å². The largest absolute Gasteiger partial charge is 0.468 e. The smallest absolute Gasteiger partial charge is 0.319 e. The fourth-order valence-corrected chi connectivity index (χ4v) is 11.4. The van der Waals surface area contributed by atoms with E-state index >= 15 is 0 Å². The van der Waals surface area contributed by atoms with E-state index in [1.165, 1.54) is 12.7 Å². The summed E-state index contributed by atoms with van der Waals surface area (Å²) in [7, 11) is 1.27. The summed E-state index contributed by atoms with van der Waals surface area (Å²) in [5, 5.41) is 20.8. The van der Waals surface area contributed by atoms with Crippen LogP contribution in [0.1, 0.15) is 98.8 Å². The van der Waals surface area contributed by atoms with Crippen LogP contribution < -0.4 is 0 Å². The van der Waals surface area contributed by atoms with E-state index in [9.17, 15) is 24.6 Å². The van der Waals surface area contributed by atoms with Crippen LogP contribution in [0.4, 0.5) is 0 Å². The number of rotatable bonds is 6. The van der Waals surface area contributed by atoms with Gasteiger partial charge in [0.2, 0.25) is 0 Å². The van der Waals surface area contributed by atoms with Crippen molar-refractivity contribution < 1.29 is 34.1 Å². The molecule has 1 saturated heterocycles. The van der Waals surface area contributed by atoms with Crippen LogP contribution in [0.25, 0.3) is 0 Å². The van der Waals surface area contributed by atoms with Crippen LogP contribution in [0.15, 0.2) is 11.6 Å². The fourth-order valence-electron chi connectivity index (χ4n) is 11.4. The molecular weight excluding hydrogens is 532 g/mol.